The highest BCUT2D eigenvalue weighted by Crippen LogP contribution is 2.32. The van der Waals surface area contributed by atoms with E-state index in [0.717, 1.165) is 18.4 Å². The second-order valence-electron chi connectivity index (χ2n) is 7.99. The van der Waals surface area contributed by atoms with Crippen molar-refractivity contribution < 1.29 is 17.6 Å². The molecule has 2 fully saturated rings. The van der Waals surface area contributed by atoms with Gasteiger partial charge in [0.2, 0.25) is 0 Å². The molecule has 0 atom stereocenters. The van der Waals surface area contributed by atoms with Crippen LogP contribution in [0, 0.1) is 5.82 Å². The number of rotatable bonds is 7. The first kappa shape index (κ1) is 22.7. The molecule has 8 nitrogen and oxygen atoms in total. The summed E-state index contributed by atoms with van der Waals surface area (Å²) in [4.78, 5) is 18.2. The van der Waals surface area contributed by atoms with E-state index < -0.39 is 10.2 Å². The van der Waals surface area contributed by atoms with E-state index in [0.29, 0.717) is 47.8 Å². The van der Waals surface area contributed by atoms with Gasteiger partial charge >= 0.3 is 0 Å². The van der Waals surface area contributed by atoms with E-state index in [1.807, 2.05) is 5.38 Å². The summed E-state index contributed by atoms with van der Waals surface area (Å²) in [5.41, 5.74) is 0.896. The molecule has 2 aliphatic heterocycles. The van der Waals surface area contributed by atoms with Gasteiger partial charge < -0.3 is 0 Å². The van der Waals surface area contributed by atoms with E-state index >= 15 is 0 Å². The molecule has 12 heteroatoms. The van der Waals surface area contributed by atoms with Crippen molar-refractivity contribution in [2.24, 2.45) is 0 Å². The van der Waals surface area contributed by atoms with Crippen LogP contribution in [0.15, 0.2) is 46.9 Å². The van der Waals surface area contributed by atoms with Crippen LogP contribution in [0.4, 0.5) is 4.39 Å². The fourth-order valence-electron chi connectivity index (χ4n) is 3.82. The Labute approximate surface area is 199 Å². The second-order valence-corrected chi connectivity index (χ2v) is 11.8. The Kier molecular flexibility index (Phi) is 6.36. The molecule has 4 heterocycles. The topological polar surface area (TPSA) is 88.4 Å². The first-order chi connectivity index (χ1) is 15.9. The summed E-state index contributed by atoms with van der Waals surface area (Å²) in [7, 11) is -3.44. The van der Waals surface area contributed by atoms with Gasteiger partial charge in [0.1, 0.15) is 5.82 Å². The zero-order valence-electron chi connectivity index (χ0n) is 17.6. The van der Waals surface area contributed by atoms with Crippen molar-refractivity contribution >= 4 is 39.2 Å². The minimum atomic E-state index is -3.44. The standard InChI is InChI=1S/C21H22FN5O3S3/c22-17-7-5-15(6-8-17)14-32-21-23-19(24-27(21)20(28)18-4-3-11-31-18)16-12-26(13-16)33(29,30)25-9-1-2-10-25/h3-8,11,16H,1-2,9-10,12-14H2. The Morgan fingerprint density at radius 1 is 1.12 bits per heavy atom. The molecule has 0 amide bonds. The van der Waals surface area contributed by atoms with Gasteiger partial charge in [0.15, 0.2) is 11.0 Å². The van der Waals surface area contributed by atoms with Gasteiger partial charge in [-0.2, -0.15) is 21.7 Å². The Balaban J connectivity index is 1.34. The molecule has 0 saturated carbocycles. The van der Waals surface area contributed by atoms with E-state index in [1.165, 1.54) is 48.5 Å². The highest BCUT2D eigenvalue weighted by Gasteiger charge is 2.42. The molecule has 0 aliphatic carbocycles. The highest BCUT2D eigenvalue weighted by atomic mass is 32.2. The number of hydrogen-bond donors (Lipinski definition) is 0. The number of thioether (sulfide) groups is 1. The summed E-state index contributed by atoms with van der Waals surface area (Å²) in [5, 5.41) is 6.74. The van der Waals surface area contributed by atoms with Gasteiger partial charge in [0.25, 0.3) is 16.1 Å². The molecule has 3 aromatic rings. The largest absolute Gasteiger partial charge is 0.290 e. The summed E-state index contributed by atoms with van der Waals surface area (Å²) in [6.45, 7) is 1.74. The van der Waals surface area contributed by atoms with Crippen LogP contribution < -0.4 is 0 Å². The lowest BCUT2D eigenvalue weighted by molar-refractivity contribution is 0.0936. The molecule has 2 aliphatic rings. The van der Waals surface area contributed by atoms with Crippen LogP contribution >= 0.6 is 23.1 Å². The normalized spacial score (nSPS) is 18.0. The first-order valence-electron chi connectivity index (χ1n) is 10.6. The Hall–Kier alpha value is -2.12. The number of hydrogen-bond acceptors (Lipinski definition) is 7. The summed E-state index contributed by atoms with van der Waals surface area (Å²) < 4.78 is 42.9. The van der Waals surface area contributed by atoms with Crippen LogP contribution in [0.3, 0.4) is 0 Å². The summed E-state index contributed by atoms with van der Waals surface area (Å²) in [5.74, 6) is 0.224. The fourth-order valence-corrected chi connectivity index (χ4v) is 7.14. The average Bonchev–Trinajstić information content (AvgIpc) is 3.53. The van der Waals surface area contributed by atoms with E-state index in [2.05, 4.69) is 10.1 Å². The molecular formula is C21H22FN5O3S3. The molecule has 0 radical (unpaired) electrons. The van der Waals surface area contributed by atoms with Crippen molar-refractivity contribution in [3.8, 4) is 0 Å². The molecule has 2 saturated heterocycles. The zero-order valence-corrected chi connectivity index (χ0v) is 20.1. The number of thiophene rings is 1. The van der Waals surface area contributed by atoms with Crippen molar-refractivity contribution in [1.29, 1.82) is 0 Å². The zero-order chi connectivity index (χ0) is 23.0. The lowest BCUT2D eigenvalue weighted by Crippen LogP contribution is -2.53. The Bertz CT molecular complexity index is 1230. The molecule has 2 aromatic heterocycles. The third kappa shape index (κ3) is 4.62. The van der Waals surface area contributed by atoms with E-state index in [1.54, 1.807) is 24.3 Å². The highest BCUT2D eigenvalue weighted by molar-refractivity contribution is 7.98. The van der Waals surface area contributed by atoms with Gasteiger partial charge in [-0.25, -0.2) is 9.37 Å². The van der Waals surface area contributed by atoms with Crippen LogP contribution in [0.25, 0.3) is 0 Å². The molecule has 5 rings (SSSR count). The SMILES string of the molecule is O=C(c1cccs1)n1nc(C2CN(S(=O)(=O)N3CCCC3)C2)nc1SCc1ccc(F)cc1. The number of benzene rings is 1. The van der Waals surface area contributed by atoms with Crippen LogP contribution in [0.1, 0.15) is 39.8 Å². The molecule has 1 aromatic carbocycles. The molecule has 174 valence electrons. The average molecular weight is 508 g/mol. The third-order valence-corrected chi connectivity index (χ3v) is 9.56. The second kappa shape index (κ2) is 9.26. The van der Waals surface area contributed by atoms with Crippen molar-refractivity contribution in [3.63, 3.8) is 0 Å². The molecule has 33 heavy (non-hydrogen) atoms. The number of halogens is 1. The molecule has 0 spiro atoms. The summed E-state index contributed by atoms with van der Waals surface area (Å²) >= 11 is 2.67. The lowest BCUT2D eigenvalue weighted by atomic mass is 10.0. The lowest BCUT2D eigenvalue weighted by Gasteiger charge is -2.38. The van der Waals surface area contributed by atoms with Gasteiger partial charge in [0.05, 0.1) is 4.88 Å². The predicted octanol–water partition coefficient (Wildman–Crippen LogP) is 3.20. The van der Waals surface area contributed by atoms with Gasteiger partial charge in [-0.3, -0.25) is 4.79 Å². The monoisotopic (exact) mass is 507 g/mol. The Morgan fingerprint density at radius 2 is 1.85 bits per heavy atom. The number of nitrogens with zero attached hydrogens (tertiary/aromatic N) is 5. The summed E-state index contributed by atoms with van der Waals surface area (Å²) in [6, 6.07) is 9.71. The minimum absolute atomic E-state index is 0.162. The molecular weight excluding hydrogens is 485 g/mol. The molecule has 0 N–H and O–H groups in total. The molecule has 0 unspecified atom stereocenters. The maximum atomic E-state index is 13.2. The van der Waals surface area contributed by atoms with Crippen LogP contribution in [0.2, 0.25) is 0 Å². The van der Waals surface area contributed by atoms with Crippen molar-refractivity contribution in [2.75, 3.05) is 26.2 Å². The van der Waals surface area contributed by atoms with E-state index in [-0.39, 0.29) is 17.6 Å². The quantitative estimate of drug-likeness (QED) is 0.457. The van der Waals surface area contributed by atoms with Crippen LogP contribution in [-0.4, -0.2) is 63.9 Å². The first-order valence-corrected chi connectivity index (χ1v) is 13.9. The predicted molar refractivity (Wildman–Crippen MR) is 124 cm³/mol. The van der Waals surface area contributed by atoms with Crippen molar-refractivity contribution in [1.82, 2.24) is 23.4 Å². The van der Waals surface area contributed by atoms with Crippen molar-refractivity contribution in [2.45, 2.75) is 29.7 Å². The third-order valence-electron chi connectivity index (χ3n) is 5.73. The summed E-state index contributed by atoms with van der Waals surface area (Å²) in [6.07, 6.45) is 1.78. The molecule has 0 bridgehead atoms. The number of aromatic nitrogens is 3. The van der Waals surface area contributed by atoms with E-state index in [4.69, 9.17) is 0 Å². The van der Waals surface area contributed by atoms with Crippen molar-refractivity contribution in [3.05, 3.63) is 63.9 Å². The Morgan fingerprint density at radius 3 is 2.52 bits per heavy atom. The number of carbonyl (C=O) groups excluding carboxylic acids is 1. The van der Waals surface area contributed by atoms with Gasteiger partial charge in [-0.1, -0.05) is 30.0 Å². The smallest absolute Gasteiger partial charge is 0.266 e. The van der Waals surface area contributed by atoms with Gasteiger partial charge in [-0.05, 0) is 42.0 Å². The van der Waals surface area contributed by atoms with Crippen LogP contribution in [-0.2, 0) is 16.0 Å². The minimum Gasteiger partial charge on any atom is -0.266 e. The maximum Gasteiger partial charge on any atom is 0.290 e. The van der Waals surface area contributed by atoms with Gasteiger partial charge in [-0.15, -0.1) is 16.4 Å². The van der Waals surface area contributed by atoms with Gasteiger partial charge in [0, 0.05) is 37.8 Å². The van der Waals surface area contributed by atoms with Crippen LogP contribution in [0.5, 0.6) is 0 Å². The fraction of sp³-hybridized carbons (Fsp3) is 0.381. The van der Waals surface area contributed by atoms with E-state index in [9.17, 15) is 17.6 Å². The number of carbonyl (C=O) groups is 1. The maximum absolute atomic E-state index is 13.2.